The first kappa shape index (κ1) is 38.7. The summed E-state index contributed by atoms with van der Waals surface area (Å²) in [5.74, 6) is 6.12. The Hall–Kier alpha value is -4.04. The van der Waals surface area contributed by atoms with Gasteiger partial charge in [-0.3, -0.25) is 4.79 Å². The quantitative estimate of drug-likeness (QED) is 0.129. The number of hydrogen-bond donors (Lipinski definition) is 5. The van der Waals surface area contributed by atoms with Gasteiger partial charge in [0, 0.05) is 41.4 Å². The van der Waals surface area contributed by atoms with Gasteiger partial charge in [-0.1, -0.05) is 83.7 Å². The molecule has 53 heavy (non-hydrogen) atoms. The van der Waals surface area contributed by atoms with Gasteiger partial charge in [0.05, 0.1) is 18.3 Å². The van der Waals surface area contributed by atoms with Gasteiger partial charge < -0.3 is 35.8 Å². The Bertz CT molecular complexity index is 1870. The minimum atomic E-state index is -1.27. The molecule has 2 bridgehead atoms. The third-order valence-corrected chi connectivity index (χ3v) is 12.5. The summed E-state index contributed by atoms with van der Waals surface area (Å²) in [6, 6.07) is 5.32. The second-order valence-electron chi connectivity index (χ2n) is 15.7. The molecule has 6 rings (SSSR count). The Morgan fingerprint density at radius 2 is 1.98 bits per heavy atom. The molecular weight excluding hydrogens is 668 g/mol. The second-order valence-corrected chi connectivity index (χ2v) is 15.7. The molecule has 2 saturated carbocycles. The number of fused-ring (bicyclic) bond motifs is 3. The van der Waals surface area contributed by atoms with E-state index < -0.39 is 34.8 Å². The fourth-order valence-electron chi connectivity index (χ4n) is 9.51. The topological polar surface area (TPSA) is 151 Å². The van der Waals surface area contributed by atoms with E-state index in [0.717, 1.165) is 35.1 Å². The maximum atomic E-state index is 14.2. The van der Waals surface area contributed by atoms with Gasteiger partial charge in [0.25, 0.3) is 0 Å². The Morgan fingerprint density at radius 3 is 2.77 bits per heavy atom. The lowest BCUT2D eigenvalue weighted by Crippen LogP contribution is -2.61. The molecule has 2 aliphatic heterocycles. The molecule has 1 aromatic rings. The summed E-state index contributed by atoms with van der Waals surface area (Å²) < 4.78 is 11.7. The minimum Gasteiger partial charge on any atom is -0.410 e. The molecule has 6 unspecified atom stereocenters. The van der Waals surface area contributed by atoms with E-state index in [1.54, 1.807) is 18.2 Å². The molecule has 9 nitrogen and oxygen atoms in total. The molecule has 2 heterocycles. The van der Waals surface area contributed by atoms with Crippen LogP contribution in [-0.4, -0.2) is 58.7 Å². The predicted octanol–water partition coefficient (Wildman–Crippen LogP) is 6.36. The van der Waals surface area contributed by atoms with E-state index in [4.69, 9.17) is 15.2 Å². The van der Waals surface area contributed by atoms with Crippen LogP contribution in [-0.2, 0) is 16.0 Å². The highest BCUT2D eigenvalue weighted by Gasteiger charge is 2.68. The van der Waals surface area contributed by atoms with E-state index in [1.165, 1.54) is 5.57 Å². The van der Waals surface area contributed by atoms with Gasteiger partial charge >= 0.3 is 6.09 Å². The summed E-state index contributed by atoms with van der Waals surface area (Å²) in [7, 11) is 0. The van der Waals surface area contributed by atoms with Crippen LogP contribution in [0.4, 0.5) is 4.79 Å². The molecule has 6 N–H and O–H groups in total. The average molecular weight is 723 g/mol. The predicted molar refractivity (Wildman–Crippen MR) is 204 cm³/mol. The maximum Gasteiger partial charge on any atom is 0.414 e. The third kappa shape index (κ3) is 7.41. The largest absolute Gasteiger partial charge is 0.414 e. The fraction of sp³-hybridized carbons (Fsp3) is 0.500. The van der Waals surface area contributed by atoms with Crippen molar-refractivity contribution in [3.63, 3.8) is 0 Å². The highest BCUT2D eigenvalue weighted by Crippen LogP contribution is 2.67. The molecule has 3 aliphatic carbocycles. The zero-order valence-corrected chi connectivity index (χ0v) is 31.3. The molecule has 6 atom stereocenters. The number of benzene rings is 1. The van der Waals surface area contributed by atoms with Gasteiger partial charge in [0.1, 0.15) is 18.5 Å². The van der Waals surface area contributed by atoms with Crippen molar-refractivity contribution in [3.8, 4) is 17.6 Å². The van der Waals surface area contributed by atoms with Crippen molar-refractivity contribution >= 4 is 11.9 Å². The molecule has 1 aromatic carbocycles. The van der Waals surface area contributed by atoms with Gasteiger partial charge in [-0.05, 0) is 94.8 Å². The van der Waals surface area contributed by atoms with Gasteiger partial charge in [0.15, 0.2) is 5.78 Å². The van der Waals surface area contributed by atoms with Crippen LogP contribution < -0.4 is 15.8 Å². The van der Waals surface area contributed by atoms with Gasteiger partial charge in [-0.15, -0.1) is 0 Å². The van der Waals surface area contributed by atoms with Crippen molar-refractivity contribution in [2.24, 2.45) is 22.5 Å². The van der Waals surface area contributed by atoms with E-state index >= 15 is 0 Å². The number of nitrogens with two attached hydrogens (primary N) is 1. The number of nitrogens with one attached hydrogen (secondary N) is 1. The van der Waals surface area contributed by atoms with Crippen LogP contribution in [0, 0.1) is 28.6 Å². The lowest BCUT2D eigenvalue weighted by Gasteiger charge is -2.56. The monoisotopic (exact) mass is 722 g/mol. The number of aliphatic hydroxyl groups excluding tert-OH is 2. The number of allylic oxidation sites excluding steroid dienone is 9. The van der Waals surface area contributed by atoms with Crippen LogP contribution in [0.15, 0.2) is 88.6 Å². The summed E-state index contributed by atoms with van der Waals surface area (Å²) in [5.41, 5.74) is 9.79. The molecule has 0 saturated heterocycles. The summed E-state index contributed by atoms with van der Waals surface area (Å²) in [4.78, 5) is 26.4. The number of carbonyl (C=O) groups is 2. The number of rotatable bonds is 6. The second kappa shape index (κ2) is 15.7. The number of hydrogen-bond acceptors (Lipinski definition) is 8. The van der Waals surface area contributed by atoms with E-state index in [9.17, 15) is 24.9 Å². The van der Waals surface area contributed by atoms with E-state index in [-0.39, 0.29) is 37.9 Å². The molecule has 0 aromatic heterocycles. The van der Waals surface area contributed by atoms with E-state index in [0.29, 0.717) is 67.4 Å². The molecule has 282 valence electrons. The normalized spacial score (nSPS) is 32.6. The van der Waals surface area contributed by atoms with Crippen LogP contribution in [0.2, 0.25) is 0 Å². The molecule has 0 radical (unpaired) electrons. The Morgan fingerprint density at radius 1 is 1.17 bits per heavy atom. The van der Waals surface area contributed by atoms with Crippen LogP contribution in [0.1, 0.15) is 95.9 Å². The summed E-state index contributed by atoms with van der Waals surface area (Å²) in [6.07, 6.45) is 13.4. The maximum absolute atomic E-state index is 14.2. The zero-order valence-electron chi connectivity index (χ0n) is 31.3. The van der Waals surface area contributed by atoms with Gasteiger partial charge in [-0.2, -0.15) is 0 Å². The minimum absolute atomic E-state index is 0.00694. The summed E-state index contributed by atoms with van der Waals surface area (Å²) in [6.45, 7) is 10.5. The highest BCUT2D eigenvalue weighted by molar-refractivity contribution is 5.97. The number of Topliss-reactive ketones (excluding diaryl/α,β-unsaturated/α-hetero) is 1. The number of aliphatic hydroxyl groups is 3. The molecule has 5 aliphatic rings. The Labute approximate surface area is 313 Å². The van der Waals surface area contributed by atoms with Gasteiger partial charge in [0.2, 0.25) is 0 Å². The van der Waals surface area contributed by atoms with Crippen molar-refractivity contribution in [1.82, 2.24) is 5.32 Å². The standard InChI is InChI=1S/C44H54N2O7/c1-28-10-5-6-23-52-27-33-25-31(24-29(2)12-7-11-28)16-19-43(33)20-21-44(40(43)49)36(15-9-22-47)34(17-18-42(44,4)51)30(3)37(48)26-32-13-8-14-35-38(32)53-41(50)46-39(35)45/h8,11,13-14,16,19,24-25,36,39-40,47,49,51H,2,7,9-10,12,15,17-18,20-23,26-27,45H2,1,3-4H3,(H,46,50). The lowest BCUT2D eigenvalue weighted by molar-refractivity contribution is -0.173. The lowest BCUT2D eigenvalue weighted by atomic mass is 9.51. The first-order valence-electron chi connectivity index (χ1n) is 18.9. The molecule has 1 amide bonds. The smallest absolute Gasteiger partial charge is 0.410 e. The van der Waals surface area contributed by atoms with Crippen molar-refractivity contribution in [2.45, 2.75) is 103 Å². The van der Waals surface area contributed by atoms with Crippen LogP contribution in [0.5, 0.6) is 5.75 Å². The summed E-state index contributed by atoms with van der Waals surface area (Å²) >= 11 is 0. The third-order valence-electron chi connectivity index (χ3n) is 12.5. The van der Waals surface area contributed by atoms with E-state index in [2.05, 4.69) is 61.0 Å². The molecule has 2 spiro atoms. The Balaban J connectivity index is 1.37. The van der Waals surface area contributed by atoms with Crippen LogP contribution in [0.3, 0.4) is 0 Å². The molecule has 2 fully saturated rings. The Kier molecular flexibility index (Phi) is 11.5. The SMILES string of the molecule is C=C1C=C2C=CC3(CCC4(C(CCCO)C(=C(C)C(=O)Cc5cccc6c5OC(=O)NC6N)CCC4(C)O)C3O)C(=C2)COCC#CCC(C)=CCC1. The fourth-order valence-corrected chi connectivity index (χ4v) is 9.51. The number of ether oxygens (including phenoxy) is 2. The van der Waals surface area contributed by atoms with E-state index in [1.807, 2.05) is 13.8 Å². The van der Waals surface area contributed by atoms with Crippen molar-refractivity contribution < 1.29 is 34.4 Å². The number of amides is 1. The molecule has 9 heteroatoms. The van der Waals surface area contributed by atoms with Crippen LogP contribution in [0.25, 0.3) is 0 Å². The van der Waals surface area contributed by atoms with Crippen LogP contribution >= 0.6 is 0 Å². The first-order valence-corrected chi connectivity index (χ1v) is 18.9. The van der Waals surface area contributed by atoms with Crippen molar-refractivity contribution in [3.05, 3.63) is 99.7 Å². The van der Waals surface area contributed by atoms with Gasteiger partial charge in [-0.25, -0.2) is 4.79 Å². The van der Waals surface area contributed by atoms with Crippen molar-refractivity contribution in [2.75, 3.05) is 19.8 Å². The first-order chi connectivity index (χ1) is 25.3. The highest BCUT2D eigenvalue weighted by atomic mass is 16.6. The zero-order chi connectivity index (χ0) is 38.0. The summed E-state index contributed by atoms with van der Waals surface area (Å²) in [5, 5.41) is 38.0. The van der Waals surface area contributed by atoms with Crippen molar-refractivity contribution in [1.29, 1.82) is 0 Å². The molecular formula is C44H54N2O7. The average Bonchev–Trinajstić information content (AvgIpc) is 3.40. The number of para-hydroxylation sites is 1. The number of carbonyl (C=O) groups excluding carboxylic acids is 2. The number of ketones is 1.